The van der Waals surface area contributed by atoms with Crippen LogP contribution in [0.15, 0.2) is 42.1 Å². The zero-order valence-electron chi connectivity index (χ0n) is 17.9. The van der Waals surface area contributed by atoms with Crippen LogP contribution in [-0.4, -0.2) is 43.1 Å². The van der Waals surface area contributed by atoms with Gasteiger partial charge in [-0.05, 0) is 65.8 Å². The highest BCUT2D eigenvalue weighted by molar-refractivity contribution is 14.1. The number of carbonyl (C=O) groups is 3. The van der Waals surface area contributed by atoms with Crippen LogP contribution in [0.4, 0.5) is 4.79 Å². The summed E-state index contributed by atoms with van der Waals surface area (Å²) in [4.78, 5) is 37.8. The number of hydrogen-bond acceptors (Lipinski definition) is 6. The zero-order valence-corrected chi connectivity index (χ0v) is 20.1. The van der Waals surface area contributed by atoms with E-state index in [-0.39, 0.29) is 18.8 Å². The monoisotopic (exact) mass is 550 g/mol. The minimum Gasteiger partial charge on any atom is -0.490 e. The first-order valence-electron chi connectivity index (χ1n) is 9.88. The molecule has 0 bridgehead atoms. The van der Waals surface area contributed by atoms with Crippen molar-refractivity contribution >= 4 is 46.6 Å². The quantitative estimate of drug-likeness (QED) is 0.234. The number of esters is 1. The van der Waals surface area contributed by atoms with Crippen LogP contribution in [0.3, 0.4) is 0 Å². The highest BCUT2D eigenvalue weighted by Gasteiger charge is 2.33. The summed E-state index contributed by atoms with van der Waals surface area (Å²) >= 11 is 2.06. The van der Waals surface area contributed by atoms with Crippen LogP contribution in [0.2, 0.25) is 0 Å². The lowest BCUT2D eigenvalue weighted by Gasteiger charge is -2.14. The summed E-state index contributed by atoms with van der Waals surface area (Å²) in [6.07, 6.45) is 1.59. The molecule has 0 unspecified atom stereocenters. The van der Waals surface area contributed by atoms with Gasteiger partial charge in [0.2, 0.25) is 0 Å². The van der Waals surface area contributed by atoms with E-state index in [0.29, 0.717) is 27.2 Å². The number of nitrogens with zero attached hydrogens (tertiary/aromatic N) is 1. The molecule has 8 nitrogen and oxygen atoms in total. The van der Waals surface area contributed by atoms with Crippen molar-refractivity contribution in [3.8, 4) is 11.5 Å². The van der Waals surface area contributed by atoms with Crippen molar-refractivity contribution in [3.63, 3.8) is 0 Å². The molecule has 1 aliphatic rings. The summed E-state index contributed by atoms with van der Waals surface area (Å²) in [7, 11) is 1.28. The molecule has 1 aliphatic heterocycles. The molecule has 0 aliphatic carbocycles. The highest BCUT2D eigenvalue weighted by Crippen LogP contribution is 2.35. The lowest BCUT2D eigenvalue weighted by atomic mass is 10.1. The molecule has 0 aromatic heterocycles. The van der Waals surface area contributed by atoms with E-state index < -0.39 is 17.9 Å². The first-order chi connectivity index (χ1) is 15.3. The van der Waals surface area contributed by atoms with Gasteiger partial charge in [-0.25, -0.2) is 9.59 Å². The number of amides is 3. The standard InChI is InChI=1S/C23H23IN2O6/c1-4-31-19-11-16(9-17(24)21(19)32-13-20(27)30-3)10-18-22(28)26(23(29)25-18)12-15-7-5-14(2)6-8-15/h5-11H,4,12-13H2,1-3H3,(H,25,29)/b18-10+. The van der Waals surface area contributed by atoms with E-state index in [1.165, 1.54) is 12.0 Å². The van der Waals surface area contributed by atoms with Gasteiger partial charge in [0.1, 0.15) is 5.70 Å². The predicted molar refractivity (Wildman–Crippen MR) is 126 cm³/mol. The van der Waals surface area contributed by atoms with Gasteiger partial charge in [-0.2, -0.15) is 0 Å². The van der Waals surface area contributed by atoms with Crippen molar-refractivity contribution in [2.45, 2.75) is 20.4 Å². The molecule has 32 heavy (non-hydrogen) atoms. The Morgan fingerprint density at radius 1 is 1.16 bits per heavy atom. The summed E-state index contributed by atoms with van der Waals surface area (Å²) in [6, 6.07) is 10.6. The number of ether oxygens (including phenoxy) is 3. The number of hydrogen-bond donors (Lipinski definition) is 1. The maximum atomic E-state index is 12.8. The minimum atomic E-state index is -0.512. The van der Waals surface area contributed by atoms with Gasteiger partial charge in [0.05, 0.1) is 23.8 Å². The third kappa shape index (κ3) is 5.58. The molecule has 168 valence electrons. The Bertz CT molecular complexity index is 1060. The first kappa shape index (κ1) is 23.6. The highest BCUT2D eigenvalue weighted by atomic mass is 127. The minimum absolute atomic E-state index is 0.170. The molecule has 0 saturated carbocycles. The van der Waals surface area contributed by atoms with Gasteiger partial charge < -0.3 is 19.5 Å². The van der Waals surface area contributed by atoms with Crippen molar-refractivity contribution in [2.75, 3.05) is 20.3 Å². The SMILES string of the molecule is CCOc1cc(/C=C2/NC(=O)N(Cc3ccc(C)cc3)C2=O)cc(I)c1OCC(=O)OC. The van der Waals surface area contributed by atoms with Crippen LogP contribution in [0.25, 0.3) is 6.08 Å². The van der Waals surface area contributed by atoms with Crippen molar-refractivity contribution in [3.05, 3.63) is 62.4 Å². The smallest absolute Gasteiger partial charge is 0.343 e. The summed E-state index contributed by atoms with van der Waals surface area (Å²) in [6.45, 7) is 4.11. The summed E-state index contributed by atoms with van der Waals surface area (Å²) in [5, 5.41) is 2.63. The molecular formula is C23H23IN2O6. The normalized spacial score (nSPS) is 14.5. The maximum Gasteiger partial charge on any atom is 0.343 e. The molecule has 2 aromatic carbocycles. The number of methoxy groups -OCH3 is 1. The van der Waals surface area contributed by atoms with E-state index >= 15 is 0 Å². The van der Waals surface area contributed by atoms with E-state index in [1.807, 2.05) is 38.1 Å². The Morgan fingerprint density at radius 3 is 2.53 bits per heavy atom. The number of rotatable bonds is 8. The lowest BCUT2D eigenvalue weighted by molar-refractivity contribution is -0.143. The van der Waals surface area contributed by atoms with E-state index in [1.54, 1.807) is 18.2 Å². The fourth-order valence-corrected chi connectivity index (χ4v) is 3.80. The average Bonchev–Trinajstić information content (AvgIpc) is 3.02. The molecule has 1 fully saturated rings. The summed E-state index contributed by atoms with van der Waals surface area (Å²) < 4.78 is 16.5. The zero-order chi connectivity index (χ0) is 23.3. The van der Waals surface area contributed by atoms with Crippen LogP contribution >= 0.6 is 22.6 Å². The molecule has 0 radical (unpaired) electrons. The van der Waals surface area contributed by atoms with Crippen LogP contribution in [-0.2, 0) is 20.9 Å². The Kier molecular flexibility index (Phi) is 7.73. The van der Waals surface area contributed by atoms with Gasteiger partial charge in [0.25, 0.3) is 5.91 Å². The van der Waals surface area contributed by atoms with Gasteiger partial charge in [-0.15, -0.1) is 0 Å². The molecular weight excluding hydrogens is 527 g/mol. The van der Waals surface area contributed by atoms with Gasteiger partial charge >= 0.3 is 12.0 Å². The van der Waals surface area contributed by atoms with Crippen LogP contribution in [0.1, 0.15) is 23.6 Å². The third-order valence-electron chi connectivity index (χ3n) is 4.63. The molecule has 1 N–H and O–H groups in total. The first-order valence-corrected chi connectivity index (χ1v) is 11.0. The summed E-state index contributed by atoms with van der Waals surface area (Å²) in [5.41, 5.74) is 2.78. The Morgan fingerprint density at radius 2 is 1.88 bits per heavy atom. The van der Waals surface area contributed by atoms with Gasteiger partial charge in [0, 0.05) is 0 Å². The van der Waals surface area contributed by atoms with E-state index in [4.69, 9.17) is 9.47 Å². The molecule has 9 heteroatoms. The van der Waals surface area contributed by atoms with Crippen molar-refractivity contribution < 1.29 is 28.6 Å². The van der Waals surface area contributed by atoms with E-state index in [2.05, 4.69) is 32.6 Å². The fraction of sp³-hybridized carbons (Fsp3) is 0.261. The number of benzene rings is 2. The molecule has 2 aromatic rings. The van der Waals surface area contributed by atoms with Gasteiger partial charge in [-0.3, -0.25) is 9.69 Å². The van der Waals surface area contributed by atoms with Crippen LogP contribution in [0.5, 0.6) is 11.5 Å². The number of imide groups is 1. The van der Waals surface area contributed by atoms with Gasteiger partial charge in [-0.1, -0.05) is 29.8 Å². The third-order valence-corrected chi connectivity index (χ3v) is 5.43. The topological polar surface area (TPSA) is 94.2 Å². The average molecular weight is 550 g/mol. The second kappa shape index (κ2) is 10.5. The van der Waals surface area contributed by atoms with Crippen LogP contribution < -0.4 is 14.8 Å². The number of carbonyl (C=O) groups excluding carboxylic acids is 3. The maximum absolute atomic E-state index is 12.8. The second-order valence-electron chi connectivity index (χ2n) is 6.99. The number of urea groups is 1. The fourth-order valence-electron chi connectivity index (χ4n) is 3.02. The molecule has 3 rings (SSSR count). The second-order valence-corrected chi connectivity index (χ2v) is 8.16. The molecule has 0 atom stereocenters. The number of nitrogens with one attached hydrogen (secondary N) is 1. The Hall–Kier alpha value is -3.08. The molecule has 3 amide bonds. The largest absolute Gasteiger partial charge is 0.490 e. The predicted octanol–water partition coefficient (Wildman–Crippen LogP) is 3.64. The van der Waals surface area contributed by atoms with Crippen molar-refractivity contribution in [2.24, 2.45) is 0 Å². The Labute approximate surface area is 199 Å². The summed E-state index contributed by atoms with van der Waals surface area (Å²) in [5.74, 6) is -0.0943. The van der Waals surface area contributed by atoms with E-state index in [0.717, 1.165) is 11.1 Å². The molecule has 0 spiro atoms. The van der Waals surface area contributed by atoms with Gasteiger partial charge in [0.15, 0.2) is 18.1 Å². The lowest BCUT2D eigenvalue weighted by Crippen LogP contribution is -2.30. The number of aryl methyl sites for hydroxylation is 1. The van der Waals surface area contributed by atoms with Crippen molar-refractivity contribution in [1.82, 2.24) is 10.2 Å². The van der Waals surface area contributed by atoms with Crippen LogP contribution in [0, 0.1) is 10.5 Å². The molecule has 1 heterocycles. The number of halogens is 1. The Balaban J connectivity index is 1.83. The van der Waals surface area contributed by atoms with Crippen molar-refractivity contribution in [1.29, 1.82) is 0 Å². The van der Waals surface area contributed by atoms with E-state index in [9.17, 15) is 14.4 Å². The molecule has 1 saturated heterocycles.